The number of likely N-dealkylation sites (tertiary alicyclic amines) is 1. The lowest BCUT2D eigenvalue weighted by Gasteiger charge is -2.49. The third-order valence-electron chi connectivity index (χ3n) is 7.98. The Hall–Kier alpha value is -3.40. The van der Waals surface area contributed by atoms with E-state index in [0.717, 1.165) is 75.5 Å². The summed E-state index contributed by atoms with van der Waals surface area (Å²) in [4.78, 5) is 39.6. The highest BCUT2D eigenvalue weighted by molar-refractivity contribution is 5.98. The number of ketones is 1. The Labute approximate surface area is 217 Å². The van der Waals surface area contributed by atoms with Crippen molar-refractivity contribution in [2.45, 2.75) is 57.7 Å². The van der Waals surface area contributed by atoms with Gasteiger partial charge in [0.05, 0.1) is 17.3 Å². The summed E-state index contributed by atoms with van der Waals surface area (Å²) in [6.07, 6.45) is 5.88. The second-order valence-electron chi connectivity index (χ2n) is 10.6. The van der Waals surface area contributed by atoms with Crippen LogP contribution >= 0.6 is 0 Å². The van der Waals surface area contributed by atoms with E-state index in [0.29, 0.717) is 42.1 Å². The van der Waals surface area contributed by atoms with Crippen LogP contribution < -0.4 is 20.3 Å². The van der Waals surface area contributed by atoms with Gasteiger partial charge in [-0.05, 0) is 44.7 Å². The second-order valence-corrected chi connectivity index (χ2v) is 10.6. The molecule has 2 N–H and O–H groups in total. The Balaban J connectivity index is 1.11. The van der Waals surface area contributed by atoms with Crippen LogP contribution in [-0.2, 0) is 4.79 Å². The first kappa shape index (κ1) is 24.0. The smallest absolute Gasteiger partial charge is 0.229 e. The van der Waals surface area contributed by atoms with Crippen LogP contribution in [0.3, 0.4) is 0 Å². The van der Waals surface area contributed by atoms with Gasteiger partial charge < -0.3 is 25.2 Å². The fourth-order valence-corrected chi connectivity index (χ4v) is 5.71. The number of rotatable bonds is 6. The average Bonchev–Trinajstić information content (AvgIpc) is 3.72. The lowest BCUT2D eigenvalue weighted by molar-refractivity contribution is -0.130. The number of fused-ring (bicyclic) bond motifs is 3. The van der Waals surface area contributed by atoms with Crippen LogP contribution in [0, 0.1) is 0 Å². The van der Waals surface area contributed by atoms with Crippen LogP contribution in [0.15, 0.2) is 24.4 Å². The highest BCUT2D eigenvalue weighted by Crippen LogP contribution is 2.38. The van der Waals surface area contributed by atoms with Gasteiger partial charge in [-0.25, -0.2) is 4.98 Å². The standard InChI is InChI=1S/C27H35N7O3/c1-17(35)23-14-28-27(31-26(23)29-19-3-4-19)30-20-5-6-24-25(13-20)37-16-22-15-33(11-12-34(22)24)21-7-9-32(10-8-21)18(2)36/h5-6,13-14,19,21-22H,3-4,7-12,15-16H2,1-2H3,(H2,28,29,30,31). The van der Waals surface area contributed by atoms with E-state index in [-0.39, 0.29) is 11.7 Å². The molecule has 4 heterocycles. The molecule has 3 aliphatic heterocycles. The lowest BCUT2D eigenvalue weighted by atomic mass is 9.99. The second kappa shape index (κ2) is 9.81. The number of ether oxygens (including phenoxy) is 1. The van der Waals surface area contributed by atoms with Gasteiger partial charge in [0.2, 0.25) is 11.9 Å². The zero-order chi connectivity index (χ0) is 25.5. The monoisotopic (exact) mass is 505 g/mol. The Morgan fingerprint density at radius 3 is 2.57 bits per heavy atom. The Bertz CT molecular complexity index is 1190. The lowest BCUT2D eigenvalue weighted by Crippen LogP contribution is -2.60. The van der Waals surface area contributed by atoms with Crippen molar-refractivity contribution in [3.63, 3.8) is 0 Å². The summed E-state index contributed by atoms with van der Waals surface area (Å²) in [5.41, 5.74) is 2.48. The minimum atomic E-state index is -0.0481. The molecule has 1 aliphatic carbocycles. The number of Topliss-reactive ketones (excluding diaryl/α,β-unsaturated/α-hetero) is 1. The average molecular weight is 506 g/mol. The molecule has 1 saturated carbocycles. The molecule has 0 radical (unpaired) electrons. The van der Waals surface area contributed by atoms with Crippen LogP contribution in [0.2, 0.25) is 0 Å². The number of nitrogens with one attached hydrogen (secondary N) is 2. The highest BCUT2D eigenvalue weighted by atomic mass is 16.5. The Kier molecular flexibility index (Phi) is 6.36. The fourth-order valence-electron chi connectivity index (χ4n) is 5.71. The predicted molar refractivity (Wildman–Crippen MR) is 142 cm³/mol. The van der Waals surface area contributed by atoms with Crippen molar-refractivity contribution in [3.8, 4) is 5.75 Å². The first-order chi connectivity index (χ1) is 17.9. The molecule has 10 heteroatoms. The predicted octanol–water partition coefficient (Wildman–Crippen LogP) is 2.89. The molecule has 4 aliphatic rings. The van der Waals surface area contributed by atoms with Gasteiger partial charge in [-0.2, -0.15) is 4.98 Å². The molecule has 2 aromatic rings. The van der Waals surface area contributed by atoms with E-state index in [9.17, 15) is 9.59 Å². The Morgan fingerprint density at radius 1 is 1.03 bits per heavy atom. The van der Waals surface area contributed by atoms with Crippen LogP contribution in [0.1, 0.15) is 49.9 Å². The first-order valence-corrected chi connectivity index (χ1v) is 13.4. The number of carbonyl (C=O) groups is 2. The number of benzene rings is 1. The van der Waals surface area contributed by atoms with Gasteiger partial charge in [-0.3, -0.25) is 14.5 Å². The van der Waals surface area contributed by atoms with E-state index in [1.807, 2.05) is 17.0 Å². The van der Waals surface area contributed by atoms with Gasteiger partial charge >= 0.3 is 0 Å². The largest absolute Gasteiger partial charge is 0.489 e. The molecular formula is C27H35N7O3. The third-order valence-corrected chi connectivity index (χ3v) is 7.98. The van der Waals surface area contributed by atoms with Crippen molar-refractivity contribution in [3.05, 3.63) is 30.0 Å². The van der Waals surface area contributed by atoms with Crippen LogP contribution in [0.5, 0.6) is 5.75 Å². The number of anilines is 4. The van der Waals surface area contributed by atoms with E-state index < -0.39 is 0 Å². The maximum absolute atomic E-state index is 12.0. The number of piperazine rings is 1. The summed E-state index contributed by atoms with van der Waals surface area (Å²) in [6, 6.07) is 7.40. The number of carbonyl (C=O) groups excluding carboxylic acids is 2. The molecule has 0 bridgehead atoms. The van der Waals surface area contributed by atoms with Crippen molar-refractivity contribution >= 4 is 34.8 Å². The molecule has 0 spiro atoms. The number of amides is 1. The van der Waals surface area contributed by atoms with E-state index in [1.54, 1.807) is 13.1 Å². The van der Waals surface area contributed by atoms with Crippen LogP contribution in [0.4, 0.5) is 23.1 Å². The topological polar surface area (TPSA) is 103 Å². The number of hydrogen-bond acceptors (Lipinski definition) is 9. The molecule has 3 fully saturated rings. The molecule has 1 amide bonds. The van der Waals surface area contributed by atoms with Crippen LogP contribution in [0.25, 0.3) is 0 Å². The normalized spacial score (nSPS) is 22.1. The minimum Gasteiger partial charge on any atom is -0.489 e. The number of hydrogen-bond donors (Lipinski definition) is 2. The molecule has 2 saturated heterocycles. The zero-order valence-corrected chi connectivity index (χ0v) is 21.6. The van der Waals surface area contributed by atoms with Crippen LogP contribution in [-0.4, -0.2) is 88.9 Å². The summed E-state index contributed by atoms with van der Waals surface area (Å²) in [5, 5.41) is 6.62. The third kappa shape index (κ3) is 5.07. The van der Waals surface area contributed by atoms with Gasteiger partial charge in [0.1, 0.15) is 18.2 Å². The van der Waals surface area contributed by atoms with Gasteiger partial charge in [0.15, 0.2) is 5.78 Å². The minimum absolute atomic E-state index is 0.0481. The Morgan fingerprint density at radius 2 is 1.84 bits per heavy atom. The highest BCUT2D eigenvalue weighted by Gasteiger charge is 2.36. The van der Waals surface area contributed by atoms with E-state index in [4.69, 9.17) is 4.74 Å². The van der Waals surface area contributed by atoms with Crippen molar-refractivity contribution < 1.29 is 14.3 Å². The molecule has 1 atom stereocenters. The number of piperidine rings is 1. The van der Waals surface area contributed by atoms with E-state index >= 15 is 0 Å². The number of nitrogens with zero attached hydrogens (tertiary/aromatic N) is 5. The van der Waals surface area contributed by atoms with Crippen molar-refractivity contribution in [1.82, 2.24) is 19.8 Å². The van der Waals surface area contributed by atoms with Gasteiger partial charge in [-0.1, -0.05) is 0 Å². The van der Waals surface area contributed by atoms with Gasteiger partial charge in [0, 0.05) is 69.7 Å². The molecular weight excluding hydrogens is 470 g/mol. The molecule has 1 unspecified atom stereocenters. The van der Waals surface area contributed by atoms with Gasteiger partial charge in [0.25, 0.3) is 0 Å². The van der Waals surface area contributed by atoms with Gasteiger partial charge in [-0.15, -0.1) is 0 Å². The SMILES string of the molecule is CC(=O)c1cnc(Nc2ccc3c(c2)OCC2CN(C4CCN(C(C)=O)CC4)CCN32)nc1NC1CC1. The summed E-state index contributed by atoms with van der Waals surface area (Å²) in [6.45, 7) is 8.54. The summed E-state index contributed by atoms with van der Waals surface area (Å²) in [5.74, 6) is 2.04. The molecule has 6 rings (SSSR count). The fraction of sp³-hybridized carbons (Fsp3) is 0.556. The molecule has 1 aromatic heterocycles. The van der Waals surface area contributed by atoms with Crippen molar-refractivity contribution in [1.29, 1.82) is 0 Å². The maximum Gasteiger partial charge on any atom is 0.229 e. The van der Waals surface area contributed by atoms with Crippen molar-refractivity contribution in [2.24, 2.45) is 0 Å². The molecule has 37 heavy (non-hydrogen) atoms. The van der Waals surface area contributed by atoms with E-state index in [1.165, 1.54) is 6.92 Å². The van der Waals surface area contributed by atoms with Crippen molar-refractivity contribution in [2.75, 3.05) is 54.9 Å². The first-order valence-electron chi connectivity index (χ1n) is 13.4. The number of aromatic nitrogens is 2. The quantitative estimate of drug-likeness (QED) is 0.574. The molecule has 1 aromatic carbocycles. The molecule has 10 nitrogen and oxygen atoms in total. The summed E-state index contributed by atoms with van der Waals surface area (Å²) >= 11 is 0. The maximum atomic E-state index is 12.0. The summed E-state index contributed by atoms with van der Waals surface area (Å²) in [7, 11) is 0. The summed E-state index contributed by atoms with van der Waals surface area (Å²) < 4.78 is 6.23. The molecule has 196 valence electrons. The van der Waals surface area contributed by atoms with E-state index in [2.05, 4.69) is 36.5 Å². The zero-order valence-electron chi connectivity index (χ0n) is 21.6.